The van der Waals surface area contributed by atoms with E-state index in [-0.39, 0.29) is 11.6 Å². The molecule has 3 heterocycles. The molecule has 2 atom stereocenters. The van der Waals surface area contributed by atoms with Crippen molar-refractivity contribution < 1.29 is 4.74 Å². The zero-order valence-corrected chi connectivity index (χ0v) is 13.8. The summed E-state index contributed by atoms with van der Waals surface area (Å²) in [6.45, 7) is 7.19. The van der Waals surface area contributed by atoms with E-state index in [9.17, 15) is 5.26 Å². The molecule has 4 nitrogen and oxygen atoms in total. The van der Waals surface area contributed by atoms with Gasteiger partial charge in [0.15, 0.2) is 0 Å². The van der Waals surface area contributed by atoms with Gasteiger partial charge in [0.1, 0.15) is 17.6 Å². The number of para-hydroxylation sites is 1. The van der Waals surface area contributed by atoms with E-state index in [1.807, 2.05) is 18.3 Å². The first-order valence-corrected chi connectivity index (χ1v) is 8.12. The molecule has 2 aliphatic heterocycles. The van der Waals surface area contributed by atoms with Gasteiger partial charge in [-0.15, -0.1) is 0 Å². The number of hydrogen-bond donors (Lipinski definition) is 1. The highest BCUT2D eigenvalue weighted by atomic mass is 16.5. The van der Waals surface area contributed by atoms with Gasteiger partial charge >= 0.3 is 0 Å². The summed E-state index contributed by atoms with van der Waals surface area (Å²) in [6, 6.07) is 10.9. The normalized spacial score (nSPS) is 22.0. The van der Waals surface area contributed by atoms with E-state index in [1.54, 1.807) is 0 Å². The SMILES string of the molecule is CC(C)(C)n1cc(C#N)c2c1N[C@@H]1c3ccccc3OC[C@H]1C2. The van der Waals surface area contributed by atoms with Crippen LogP contribution in [0.5, 0.6) is 5.75 Å². The first kappa shape index (κ1) is 14.2. The van der Waals surface area contributed by atoms with E-state index in [0.717, 1.165) is 29.1 Å². The molecule has 118 valence electrons. The molecule has 2 aliphatic rings. The van der Waals surface area contributed by atoms with Crippen molar-refractivity contribution in [1.82, 2.24) is 4.57 Å². The van der Waals surface area contributed by atoms with Crippen molar-refractivity contribution in [2.45, 2.75) is 38.8 Å². The Morgan fingerprint density at radius 3 is 2.83 bits per heavy atom. The molecular formula is C19H21N3O. The highest BCUT2D eigenvalue weighted by Crippen LogP contribution is 2.45. The minimum atomic E-state index is -0.0658. The summed E-state index contributed by atoms with van der Waals surface area (Å²) in [6.07, 6.45) is 2.87. The van der Waals surface area contributed by atoms with Crippen LogP contribution in [0.15, 0.2) is 30.5 Å². The van der Waals surface area contributed by atoms with Gasteiger partial charge in [-0.1, -0.05) is 18.2 Å². The summed E-state index contributed by atoms with van der Waals surface area (Å²) < 4.78 is 8.13. The second-order valence-electron chi connectivity index (χ2n) is 7.46. The Bertz CT molecular complexity index is 807. The topological polar surface area (TPSA) is 50.0 Å². The predicted molar refractivity (Wildman–Crippen MR) is 89.6 cm³/mol. The maximum absolute atomic E-state index is 9.50. The summed E-state index contributed by atoms with van der Waals surface area (Å²) in [5.41, 5.74) is 3.06. The van der Waals surface area contributed by atoms with Crippen molar-refractivity contribution in [3.8, 4) is 11.8 Å². The second kappa shape index (κ2) is 4.79. The summed E-state index contributed by atoms with van der Waals surface area (Å²) in [4.78, 5) is 0. The van der Waals surface area contributed by atoms with Gasteiger partial charge in [0.05, 0.1) is 18.2 Å². The fourth-order valence-electron chi connectivity index (χ4n) is 3.73. The lowest BCUT2D eigenvalue weighted by molar-refractivity contribution is 0.196. The van der Waals surface area contributed by atoms with Crippen LogP contribution < -0.4 is 10.1 Å². The molecule has 2 aromatic rings. The molecule has 4 rings (SSSR count). The molecule has 0 amide bonds. The van der Waals surface area contributed by atoms with Gasteiger partial charge in [-0.05, 0) is 33.3 Å². The van der Waals surface area contributed by atoms with E-state index < -0.39 is 0 Å². The standard InChI is InChI=1S/C19H21N3O/c1-19(2,3)22-10-13(9-20)15-8-12-11-23-16-7-5-4-6-14(16)17(12)21-18(15)22/h4-7,10,12,17,21H,8,11H2,1-3H3/t12-,17+/m1/s1. The summed E-state index contributed by atoms with van der Waals surface area (Å²) >= 11 is 0. The van der Waals surface area contributed by atoms with Crippen LogP contribution in [0.2, 0.25) is 0 Å². The quantitative estimate of drug-likeness (QED) is 0.804. The number of hydrogen-bond acceptors (Lipinski definition) is 3. The molecule has 0 unspecified atom stereocenters. The number of aromatic nitrogens is 1. The molecular weight excluding hydrogens is 286 g/mol. The molecule has 1 N–H and O–H groups in total. The number of nitrogens with one attached hydrogen (secondary N) is 1. The first-order valence-electron chi connectivity index (χ1n) is 8.12. The van der Waals surface area contributed by atoms with E-state index in [2.05, 4.69) is 48.9 Å². The first-order chi connectivity index (χ1) is 11.0. The number of rotatable bonds is 0. The third-order valence-electron chi connectivity index (χ3n) is 4.89. The largest absolute Gasteiger partial charge is 0.493 e. The van der Waals surface area contributed by atoms with Gasteiger partial charge in [0.25, 0.3) is 0 Å². The van der Waals surface area contributed by atoms with Gasteiger partial charge in [-0.25, -0.2) is 0 Å². The predicted octanol–water partition coefficient (Wildman–Crippen LogP) is 3.83. The average molecular weight is 307 g/mol. The van der Waals surface area contributed by atoms with Crippen molar-refractivity contribution >= 4 is 5.82 Å². The van der Waals surface area contributed by atoms with Crippen molar-refractivity contribution in [2.24, 2.45) is 5.92 Å². The molecule has 0 saturated carbocycles. The molecule has 0 spiro atoms. The van der Waals surface area contributed by atoms with Crippen LogP contribution in [0.1, 0.15) is 43.5 Å². The third kappa shape index (κ3) is 2.11. The smallest absolute Gasteiger partial charge is 0.124 e. The van der Waals surface area contributed by atoms with E-state index >= 15 is 0 Å². The van der Waals surface area contributed by atoms with Gasteiger partial charge < -0.3 is 14.6 Å². The molecule has 0 aliphatic carbocycles. The van der Waals surface area contributed by atoms with Crippen LogP contribution in [0.4, 0.5) is 5.82 Å². The number of nitriles is 1. The van der Waals surface area contributed by atoms with Crippen LogP contribution in [0, 0.1) is 17.2 Å². The molecule has 0 bridgehead atoms. The van der Waals surface area contributed by atoms with Crippen LogP contribution in [0.3, 0.4) is 0 Å². The lowest BCUT2D eigenvalue weighted by atomic mass is 9.83. The van der Waals surface area contributed by atoms with Gasteiger partial charge in [0, 0.05) is 28.8 Å². The highest BCUT2D eigenvalue weighted by molar-refractivity contribution is 5.61. The third-order valence-corrected chi connectivity index (χ3v) is 4.89. The van der Waals surface area contributed by atoms with E-state index in [4.69, 9.17) is 4.74 Å². The van der Waals surface area contributed by atoms with Crippen LogP contribution in [-0.2, 0) is 12.0 Å². The number of benzene rings is 1. The van der Waals surface area contributed by atoms with Crippen LogP contribution in [-0.4, -0.2) is 11.2 Å². The molecule has 1 aromatic carbocycles. The van der Waals surface area contributed by atoms with Crippen molar-refractivity contribution in [3.63, 3.8) is 0 Å². The summed E-state index contributed by atoms with van der Waals surface area (Å²) in [5.74, 6) is 2.42. The Morgan fingerprint density at radius 2 is 2.09 bits per heavy atom. The minimum Gasteiger partial charge on any atom is -0.493 e. The zero-order chi connectivity index (χ0) is 16.2. The number of fused-ring (bicyclic) bond motifs is 4. The molecule has 0 fully saturated rings. The van der Waals surface area contributed by atoms with Gasteiger partial charge in [-0.3, -0.25) is 0 Å². The average Bonchev–Trinajstić information content (AvgIpc) is 2.91. The Morgan fingerprint density at radius 1 is 1.30 bits per heavy atom. The Labute approximate surface area is 136 Å². The maximum atomic E-state index is 9.50. The van der Waals surface area contributed by atoms with Gasteiger partial charge in [0.2, 0.25) is 0 Å². The summed E-state index contributed by atoms with van der Waals surface area (Å²) in [7, 11) is 0. The lowest BCUT2D eigenvalue weighted by Gasteiger charge is -2.39. The fraction of sp³-hybridized carbons (Fsp3) is 0.421. The molecule has 0 radical (unpaired) electrons. The fourth-order valence-corrected chi connectivity index (χ4v) is 3.73. The second-order valence-corrected chi connectivity index (χ2v) is 7.46. The van der Waals surface area contributed by atoms with E-state index in [0.29, 0.717) is 12.5 Å². The van der Waals surface area contributed by atoms with Crippen molar-refractivity contribution in [1.29, 1.82) is 5.26 Å². The lowest BCUT2D eigenvalue weighted by Crippen LogP contribution is -2.37. The van der Waals surface area contributed by atoms with Crippen LogP contribution >= 0.6 is 0 Å². The van der Waals surface area contributed by atoms with Crippen molar-refractivity contribution in [3.05, 3.63) is 47.2 Å². The Kier molecular flexibility index (Phi) is 2.96. The zero-order valence-electron chi connectivity index (χ0n) is 13.8. The number of nitrogens with zero attached hydrogens (tertiary/aromatic N) is 2. The summed E-state index contributed by atoms with van der Waals surface area (Å²) in [5, 5.41) is 13.2. The highest BCUT2D eigenvalue weighted by Gasteiger charge is 2.38. The Hall–Kier alpha value is -2.41. The monoisotopic (exact) mass is 307 g/mol. The van der Waals surface area contributed by atoms with Crippen molar-refractivity contribution in [2.75, 3.05) is 11.9 Å². The molecule has 23 heavy (non-hydrogen) atoms. The molecule has 0 saturated heterocycles. The number of ether oxygens (including phenoxy) is 1. The molecule has 4 heteroatoms. The van der Waals surface area contributed by atoms with Gasteiger partial charge in [-0.2, -0.15) is 5.26 Å². The van der Waals surface area contributed by atoms with Crippen LogP contribution in [0.25, 0.3) is 0 Å². The van der Waals surface area contributed by atoms with E-state index in [1.165, 1.54) is 5.56 Å². The number of anilines is 1. The maximum Gasteiger partial charge on any atom is 0.124 e. The Balaban J connectivity index is 1.83. The molecule has 1 aromatic heterocycles. The minimum absolute atomic E-state index is 0.0658.